The van der Waals surface area contributed by atoms with E-state index < -0.39 is 0 Å². The Bertz CT molecular complexity index is 327. The van der Waals surface area contributed by atoms with Crippen molar-refractivity contribution >= 4 is 5.91 Å². The van der Waals surface area contributed by atoms with E-state index in [0.29, 0.717) is 18.5 Å². The van der Waals surface area contributed by atoms with Crippen LogP contribution in [0.15, 0.2) is 11.6 Å². The first-order chi connectivity index (χ1) is 8.13. The van der Waals surface area contributed by atoms with Gasteiger partial charge in [-0.05, 0) is 39.2 Å². The van der Waals surface area contributed by atoms with Gasteiger partial charge in [-0.25, -0.2) is 0 Å². The number of amides is 1. The molecule has 2 rings (SSSR count). The van der Waals surface area contributed by atoms with Crippen LogP contribution >= 0.6 is 0 Å². The predicted molar refractivity (Wildman–Crippen MR) is 68.2 cm³/mol. The summed E-state index contributed by atoms with van der Waals surface area (Å²) in [5.74, 6) is 0.663. The van der Waals surface area contributed by atoms with Crippen molar-refractivity contribution in [3.8, 4) is 0 Å². The summed E-state index contributed by atoms with van der Waals surface area (Å²) in [5.41, 5.74) is 12.8. The number of hydrogen-bond donors (Lipinski definition) is 2. The van der Waals surface area contributed by atoms with Crippen LogP contribution in [0.2, 0.25) is 0 Å². The lowest BCUT2D eigenvalue weighted by molar-refractivity contribution is -0.131. The second-order valence-corrected chi connectivity index (χ2v) is 5.31. The number of rotatable bonds is 3. The maximum atomic E-state index is 12.0. The second kappa shape index (κ2) is 5.19. The second-order valence-electron chi connectivity index (χ2n) is 5.31. The first-order valence-corrected chi connectivity index (χ1v) is 6.58. The van der Waals surface area contributed by atoms with E-state index in [9.17, 15) is 4.79 Å². The van der Waals surface area contributed by atoms with Gasteiger partial charge in [0, 0.05) is 30.6 Å². The highest BCUT2D eigenvalue weighted by atomic mass is 16.2. The van der Waals surface area contributed by atoms with E-state index in [-0.39, 0.29) is 11.9 Å². The van der Waals surface area contributed by atoms with Crippen molar-refractivity contribution in [1.29, 1.82) is 0 Å². The molecule has 2 aliphatic rings. The van der Waals surface area contributed by atoms with Crippen molar-refractivity contribution < 1.29 is 4.79 Å². The van der Waals surface area contributed by atoms with Gasteiger partial charge in [0.15, 0.2) is 0 Å². The highest BCUT2D eigenvalue weighted by Gasteiger charge is 2.38. The maximum Gasteiger partial charge on any atom is 0.246 e. The number of nitrogens with zero attached hydrogens (tertiary/aromatic N) is 1. The number of nitrogens with two attached hydrogens (primary N) is 2. The van der Waals surface area contributed by atoms with Crippen molar-refractivity contribution in [2.24, 2.45) is 17.4 Å². The summed E-state index contributed by atoms with van der Waals surface area (Å²) in [6, 6.07) is 0.554. The van der Waals surface area contributed by atoms with Crippen molar-refractivity contribution in [1.82, 2.24) is 4.90 Å². The van der Waals surface area contributed by atoms with Crippen LogP contribution in [0.3, 0.4) is 0 Å². The molecule has 4 nitrogen and oxygen atoms in total. The smallest absolute Gasteiger partial charge is 0.246 e. The minimum Gasteiger partial charge on any atom is -0.335 e. The fourth-order valence-electron chi connectivity index (χ4n) is 3.14. The third-order valence-electron chi connectivity index (χ3n) is 4.08. The molecule has 4 heteroatoms. The van der Waals surface area contributed by atoms with Crippen LogP contribution in [0.1, 0.15) is 32.6 Å². The van der Waals surface area contributed by atoms with Gasteiger partial charge in [0.1, 0.15) is 0 Å². The summed E-state index contributed by atoms with van der Waals surface area (Å²) in [7, 11) is 0. The van der Waals surface area contributed by atoms with Crippen LogP contribution in [-0.4, -0.2) is 36.0 Å². The molecule has 17 heavy (non-hydrogen) atoms. The number of carbonyl (C=O) groups is 1. The predicted octanol–water partition coefficient (Wildman–Crippen LogP) is 0.620. The van der Waals surface area contributed by atoms with Gasteiger partial charge in [-0.15, -0.1) is 0 Å². The minimum atomic E-state index is 0.145. The van der Waals surface area contributed by atoms with Crippen LogP contribution in [0.25, 0.3) is 0 Å². The normalized spacial score (nSPS) is 33.4. The Hall–Kier alpha value is -0.870. The lowest BCUT2D eigenvalue weighted by Crippen LogP contribution is -2.53. The van der Waals surface area contributed by atoms with Gasteiger partial charge < -0.3 is 16.4 Å². The summed E-state index contributed by atoms with van der Waals surface area (Å²) in [6.45, 7) is 3.48. The Kier molecular flexibility index (Phi) is 3.84. The fourth-order valence-corrected chi connectivity index (χ4v) is 3.14. The molecule has 0 aromatic rings. The zero-order valence-electron chi connectivity index (χ0n) is 10.6. The van der Waals surface area contributed by atoms with Gasteiger partial charge in [-0.3, -0.25) is 4.79 Å². The van der Waals surface area contributed by atoms with E-state index in [4.69, 9.17) is 11.5 Å². The zero-order chi connectivity index (χ0) is 12.4. The molecular formula is C13H23N3O. The SMILES string of the molecule is CC1=CC(=O)N(CCCN)C2CC(N)CCC12. The van der Waals surface area contributed by atoms with Gasteiger partial charge in [-0.1, -0.05) is 5.57 Å². The molecule has 96 valence electrons. The summed E-state index contributed by atoms with van der Waals surface area (Å²) in [5, 5.41) is 0. The van der Waals surface area contributed by atoms with E-state index in [2.05, 4.69) is 6.92 Å². The number of carbonyl (C=O) groups excluding carboxylic acids is 1. The molecule has 0 spiro atoms. The highest BCUT2D eigenvalue weighted by molar-refractivity contribution is 5.89. The molecule has 1 aliphatic heterocycles. The topological polar surface area (TPSA) is 72.3 Å². The van der Waals surface area contributed by atoms with Gasteiger partial charge in [0.25, 0.3) is 0 Å². The van der Waals surface area contributed by atoms with E-state index in [1.165, 1.54) is 5.57 Å². The zero-order valence-corrected chi connectivity index (χ0v) is 10.6. The molecule has 1 amide bonds. The van der Waals surface area contributed by atoms with E-state index in [1.807, 2.05) is 4.90 Å². The van der Waals surface area contributed by atoms with Gasteiger partial charge in [0.05, 0.1) is 0 Å². The molecule has 4 N–H and O–H groups in total. The average Bonchev–Trinajstić information content (AvgIpc) is 2.28. The Labute approximate surface area is 103 Å². The molecule has 3 atom stereocenters. The average molecular weight is 237 g/mol. The maximum absolute atomic E-state index is 12.0. The first-order valence-electron chi connectivity index (χ1n) is 6.58. The summed E-state index contributed by atoms with van der Waals surface area (Å²) < 4.78 is 0. The fraction of sp³-hybridized carbons (Fsp3) is 0.769. The summed E-state index contributed by atoms with van der Waals surface area (Å²) >= 11 is 0. The lowest BCUT2D eigenvalue weighted by Gasteiger charge is -2.45. The van der Waals surface area contributed by atoms with Crippen molar-refractivity contribution in [2.45, 2.75) is 44.7 Å². The summed E-state index contributed by atoms with van der Waals surface area (Å²) in [4.78, 5) is 14.0. The van der Waals surface area contributed by atoms with Gasteiger partial charge >= 0.3 is 0 Å². The quantitative estimate of drug-likeness (QED) is 0.756. The lowest BCUT2D eigenvalue weighted by atomic mass is 9.75. The molecule has 1 fully saturated rings. The minimum absolute atomic E-state index is 0.145. The molecule has 3 unspecified atom stereocenters. The van der Waals surface area contributed by atoms with Gasteiger partial charge in [0.2, 0.25) is 5.91 Å². The number of hydrogen-bond acceptors (Lipinski definition) is 3. The third kappa shape index (κ3) is 2.53. The largest absolute Gasteiger partial charge is 0.335 e. The van der Waals surface area contributed by atoms with Crippen LogP contribution < -0.4 is 11.5 Å². The molecule has 0 bridgehead atoms. The standard InChI is InChI=1S/C13H23N3O/c1-9-7-13(17)16(6-2-5-14)12-8-10(15)3-4-11(9)12/h7,10-12H,2-6,8,14-15H2,1H3. The molecule has 1 saturated carbocycles. The first kappa shape index (κ1) is 12.6. The molecule has 1 aliphatic carbocycles. The molecule has 0 radical (unpaired) electrons. The molecule has 0 aromatic carbocycles. The van der Waals surface area contributed by atoms with Crippen LogP contribution in [0.5, 0.6) is 0 Å². The molecule has 0 aromatic heterocycles. The van der Waals surface area contributed by atoms with E-state index in [1.54, 1.807) is 6.08 Å². The third-order valence-corrected chi connectivity index (χ3v) is 4.08. The van der Waals surface area contributed by atoms with E-state index in [0.717, 1.165) is 32.2 Å². The molecular weight excluding hydrogens is 214 g/mol. The van der Waals surface area contributed by atoms with Crippen LogP contribution in [0.4, 0.5) is 0 Å². The Morgan fingerprint density at radius 2 is 2.24 bits per heavy atom. The van der Waals surface area contributed by atoms with E-state index >= 15 is 0 Å². The van der Waals surface area contributed by atoms with Gasteiger partial charge in [-0.2, -0.15) is 0 Å². The Morgan fingerprint density at radius 1 is 1.47 bits per heavy atom. The molecule has 0 saturated heterocycles. The molecule has 1 heterocycles. The monoisotopic (exact) mass is 237 g/mol. The van der Waals surface area contributed by atoms with Crippen molar-refractivity contribution in [3.05, 3.63) is 11.6 Å². The van der Waals surface area contributed by atoms with Crippen molar-refractivity contribution in [3.63, 3.8) is 0 Å². The summed E-state index contributed by atoms with van der Waals surface area (Å²) in [6.07, 6.45) is 5.80. The van der Waals surface area contributed by atoms with Crippen LogP contribution in [-0.2, 0) is 4.79 Å². The Morgan fingerprint density at radius 3 is 2.94 bits per heavy atom. The van der Waals surface area contributed by atoms with Crippen LogP contribution in [0, 0.1) is 5.92 Å². The Balaban J connectivity index is 2.16. The highest BCUT2D eigenvalue weighted by Crippen LogP contribution is 2.36. The number of fused-ring (bicyclic) bond motifs is 1. The van der Waals surface area contributed by atoms with Crippen molar-refractivity contribution in [2.75, 3.05) is 13.1 Å².